The lowest BCUT2D eigenvalue weighted by Crippen LogP contribution is -2.32. The molecule has 0 bridgehead atoms. The zero-order valence-corrected chi connectivity index (χ0v) is 11.7. The molecule has 0 aliphatic carbocycles. The van der Waals surface area contributed by atoms with Crippen LogP contribution in [0.1, 0.15) is 30.8 Å². The molecule has 1 aromatic carbocycles. The highest BCUT2D eigenvalue weighted by Gasteiger charge is 2.15. The van der Waals surface area contributed by atoms with E-state index in [1.54, 1.807) is 12.1 Å². The Kier molecular flexibility index (Phi) is 5.19. The van der Waals surface area contributed by atoms with Gasteiger partial charge in [0.05, 0.1) is 6.26 Å². The fraction of sp³-hybridized carbons (Fsp3) is 0.235. The minimum Gasteiger partial charge on any atom is -0.467 e. The van der Waals surface area contributed by atoms with Crippen molar-refractivity contribution in [1.82, 2.24) is 5.32 Å². The summed E-state index contributed by atoms with van der Waals surface area (Å²) in [5, 5.41) is 12.6. The van der Waals surface area contributed by atoms with Crippen molar-refractivity contribution in [3.8, 4) is 11.8 Å². The summed E-state index contributed by atoms with van der Waals surface area (Å²) in [5.74, 6) is 5.45. The number of carbonyl (C=O) groups is 1. The summed E-state index contributed by atoms with van der Waals surface area (Å²) in [7, 11) is 0. The van der Waals surface area contributed by atoms with Gasteiger partial charge in [-0.15, -0.1) is 0 Å². The average molecular weight is 283 g/mol. The molecule has 2 atom stereocenters. The molecule has 1 aromatic heterocycles. The fourth-order valence-corrected chi connectivity index (χ4v) is 1.90. The maximum atomic E-state index is 11.7. The predicted molar refractivity (Wildman–Crippen MR) is 79.2 cm³/mol. The Labute approximate surface area is 123 Å². The lowest BCUT2D eigenvalue weighted by molar-refractivity contribution is -0.116. The molecule has 2 unspecified atom stereocenters. The normalized spacial score (nSPS) is 12.9. The highest BCUT2D eigenvalue weighted by molar-refractivity contribution is 5.94. The van der Waals surface area contributed by atoms with Gasteiger partial charge in [-0.05, 0) is 31.2 Å². The molecule has 4 nitrogen and oxygen atoms in total. The standard InChI is InChI=1S/C17H17NO3/c1-13(12-15(19)16-8-5-11-21-16)18-17(20)10-9-14-6-3-2-4-7-14/h2-8,11,13,15,19H,12H2,1H3,(H,18,20). The third-order valence-corrected chi connectivity index (χ3v) is 2.92. The topological polar surface area (TPSA) is 62.5 Å². The van der Waals surface area contributed by atoms with E-state index in [1.807, 2.05) is 37.3 Å². The van der Waals surface area contributed by atoms with Gasteiger partial charge < -0.3 is 14.8 Å². The van der Waals surface area contributed by atoms with E-state index in [9.17, 15) is 9.90 Å². The first-order valence-electron chi connectivity index (χ1n) is 6.74. The Balaban J connectivity index is 1.84. The number of aliphatic hydroxyl groups excluding tert-OH is 1. The van der Waals surface area contributed by atoms with Crippen LogP contribution in [0.3, 0.4) is 0 Å². The molecular weight excluding hydrogens is 266 g/mol. The van der Waals surface area contributed by atoms with Crippen LogP contribution >= 0.6 is 0 Å². The van der Waals surface area contributed by atoms with Gasteiger partial charge in [-0.25, -0.2) is 0 Å². The minimum atomic E-state index is -0.739. The molecule has 0 spiro atoms. The van der Waals surface area contributed by atoms with Crippen molar-refractivity contribution in [1.29, 1.82) is 0 Å². The van der Waals surface area contributed by atoms with Crippen LogP contribution in [-0.4, -0.2) is 17.1 Å². The smallest absolute Gasteiger partial charge is 0.296 e. The molecule has 21 heavy (non-hydrogen) atoms. The van der Waals surface area contributed by atoms with Gasteiger partial charge in [0.15, 0.2) is 0 Å². The van der Waals surface area contributed by atoms with Crippen molar-refractivity contribution in [3.05, 3.63) is 60.1 Å². The first-order valence-corrected chi connectivity index (χ1v) is 6.74. The average Bonchev–Trinajstić information content (AvgIpc) is 3.00. The Hall–Kier alpha value is -2.51. The second-order valence-corrected chi connectivity index (χ2v) is 4.76. The molecule has 4 heteroatoms. The number of hydrogen-bond acceptors (Lipinski definition) is 3. The zero-order chi connectivity index (χ0) is 15.1. The molecule has 2 rings (SSSR count). The lowest BCUT2D eigenvalue weighted by Gasteiger charge is -2.14. The van der Waals surface area contributed by atoms with Crippen LogP contribution in [0.2, 0.25) is 0 Å². The van der Waals surface area contributed by atoms with Crippen molar-refractivity contribution >= 4 is 5.91 Å². The van der Waals surface area contributed by atoms with Crippen LogP contribution in [0.25, 0.3) is 0 Å². The van der Waals surface area contributed by atoms with E-state index in [-0.39, 0.29) is 11.9 Å². The molecule has 0 saturated carbocycles. The molecule has 1 heterocycles. The lowest BCUT2D eigenvalue weighted by atomic mass is 10.1. The summed E-state index contributed by atoms with van der Waals surface area (Å²) >= 11 is 0. The maximum absolute atomic E-state index is 11.7. The third kappa shape index (κ3) is 4.83. The number of benzene rings is 1. The number of furan rings is 1. The highest BCUT2D eigenvalue weighted by atomic mass is 16.4. The van der Waals surface area contributed by atoms with Crippen LogP contribution < -0.4 is 5.32 Å². The minimum absolute atomic E-state index is 0.206. The first kappa shape index (κ1) is 14.9. The number of carbonyl (C=O) groups excluding carboxylic acids is 1. The monoisotopic (exact) mass is 283 g/mol. The zero-order valence-electron chi connectivity index (χ0n) is 11.7. The Morgan fingerprint density at radius 1 is 1.29 bits per heavy atom. The van der Waals surface area contributed by atoms with E-state index in [0.717, 1.165) is 5.56 Å². The second-order valence-electron chi connectivity index (χ2n) is 4.76. The van der Waals surface area contributed by atoms with Gasteiger partial charge in [-0.3, -0.25) is 4.79 Å². The van der Waals surface area contributed by atoms with E-state index in [4.69, 9.17) is 4.42 Å². The Bertz CT molecular complexity index is 623. The summed E-state index contributed by atoms with van der Waals surface area (Å²) in [6, 6.07) is 12.5. The second kappa shape index (κ2) is 7.32. The van der Waals surface area contributed by atoms with Crippen LogP contribution in [0, 0.1) is 11.8 Å². The number of rotatable bonds is 4. The first-order chi connectivity index (χ1) is 10.1. The molecule has 0 fully saturated rings. The van der Waals surface area contributed by atoms with Gasteiger partial charge in [-0.2, -0.15) is 0 Å². The number of hydrogen-bond donors (Lipinski definition) is 2. The van der Waals surface area contributed by atoms with Crippen molar-refractivity contribution in [2.24, 2.45) is 0 Å². The Morgan fingerprint density at radius 3 is 2.71 bits per heavy atom. The highest BCUT2D eigenvalue weighted by Crippen LogP contribution is 2.18. The Morgan fingerprint density at radius 2 is 2.05 bits per heavy atom. The summed E-state index contributed by atoms with van der Waals surface area (Å²) in [4.78, 5) is 11.7. The largest absolute Gasteiger partial charge is 0.467 e. The molecule has 1 amide bonds. The number of aliphatic hydroxyl groups is 1. The van der Waals surface area contributed by atoms with Crippen LogP contribution in [0.15, 0.2) is 53.1 Å². The van der Waals surface area contributed by atoms with Gasteiger partial charge in [0.2, 0.25) is 0 Å². The van der Waals surface area contributed by atoms with Gasteiger partial charge in [0.25, 0.3) is 5.91 Å². The predicted octanol–water partition coefficient (Wildman–Crippen LogP) is 2.26. The maximum Gasteiger partial charge on any atom is 0.296 e. The number of amides is 1. The van der Waals surface area contributed by atoms with Crippen LogP contribution in [-0.2, 0) is 4.79 Å². The van der Waals surface area contributed by atoms with Crippen molar-refractivity contribution in [2.75, 3.05) is 0 Å². The molecule has 2 aromatic rings. The SMILES string of the molecule is CC(CC(O)c1ccco1)NC(=O)C#Cc1ccccc1. The van der Waals surface area contributed by atoms with E-state index in [2.05, 4.69) is 17.2 Å². The fourth-order valence-electron chi connectivity index (χ4n) is 1.90. The van der Waals surface area contributed by atoms with Crippen molar-refractivity contribution in [2.45, 2.75) is 25.5 Å². The van der Waals surface area contributed by atoms with Crippen molar-refractivity contribution < 1.29 is 14.3 Å². The van der Waals surface area contributed by atoms with E-state index in [0.29, 0.717) is 12.2 Å². The number of nitrogens with one attached hydrogen (secondary N) is 1. The summed E-state index contributed by atoms with van der Waals surface area (Å²) in [5.41, 5.74) is 0.788. The van der Waals surface area contributed by atoms with Crippen molar-refractivity contribution in [3.63, 3.8) is 0 Å². The van der Waals surface area contributed by atoms with Crippen LogP contribution in [0.5, 0.6) is 0 Å². The van der Waals surface area contributed by atoms with Gasteiger partial charge in [0.1, 0.15) is 11.9 Å². The third-order valence-electron chi connectivity index (χ3n) is 2.92. The molecule has 0 radical (unpaired) electrons. The summed E-state index contributed by atoms with van der Waals surface area (Å²) < 4.78 is 5.12. The summed E-state index contributed by atoms with van der Waals surface area (Å²) in [6.45, 7) is 1.81. The molecule has 0 aliphatic rings. The van der Waals surface area contributed by atoms with E-state index >= 15 is 0 Å². The van der Waals surface area contributed by atoms with Gasteiger partial charge in [-0.1, -0.05) is 24.1 Å². The molecule has 0 saturated heterocycles. The quantitative estimate of drug-likeness (QED) is 0.846. The van der Waals surface area contributed by atoms with E-state index in [1.165, 1.54) is 6.26 Å². The molecule has 108 valence electrons. The van der Waals surface area contributed by atoms with Gasteiger partial charge >= 0.3 is 0 Å². The van der Waals surface area contributed by atoms with E-state index < -0.39 is 6.10 Å². The molecule has 0 aliphatic heterocycles. The molecule has 2 N–H and O–H groups in total. The van der Waals surface area contributed by atoms with Gasteiger partial charge in [0, 0.05) is 23.9 Å². The molecular formula is C17H17NO3. The summed E-state index contributed by atoms with van der Waals surface area (Å²) in [6.07, 6.45) is 1.14. The van der Waals surface area contributed by atoms with Crippen LogP contribution in [0.4, 0.5) is 0 Å².